The Hall–Kier alpha value is -2.71. The van der Waals surface area contributed by atoms with Crippen LogP contribution in [0.4, 0.5) is 4.39 Å². The monoisotopic (exact) mass is 306 g/mol. The van der Waals surface area contributed by atoms with Crippen LogP contribution < -0.4 is 0 Å². The molecule has 4 rings (SSSR count). The van der Waals surface area contributed by atoms with Crippen molar-refractivity contribution in [3.05, 3.63) is 70.9 Å². The molecule has 0 unspecified atom stereocenters. The molecular weight excluding hydrogens is 291 g/mol. The van der Waals surface area contributed by atoms with Crippen LogP contribution in [0, 0.1) is 17.1 Å². The first-order chi connectivity index (χ1) is 11.2. The lowest BCUT2D eigenvalue weighted by molar-refractivity contribution is 0.241. The Morgan fingerprint density at radius 1 is 1.22 bits per heavy atom. The van der Waals surface area contributed by atoms with Gasteiger partial charge in [-0.3, -0.25) is 4.90 Å². The van der Waals surface area contributed by atoms with Crippen molar-refractivity contribution in [2.75, 3.05) is 6.54 Å². The van der Waals surface area contributed by atoms with Gasteiger partial charge in [0.1, 0.15) is 17.5 Å². The Balaban J connectivity index is 1.61. The van der Waals surface area contributed by atoms with E-state index in [9.17, 15) is 4.39 Å². The maximum atomic E-state index is 13.4. The van der Waals surface area contributed by atoms with Gasteiger partial charge < -0.3 is 4.40 Å². The quantitative estimate of drug-likeness (QED) is 0.731. The van der Waals surface area contributed by atoms with Crippen molar-refractivity contribution in [1.82, 2.24) is 14.3 Å². The van der Waals surface area contributed by atoms with Crippen molar-refractivity contribution in [3.8, 4) is 6.07 Å². The molecule has 1 aliphatic heterocycles. The minimum atomic E-state index is -0.181. The third kappa shape index (κ3) is 2.58. The molecule has 1 aromatic carbocycles. The third-order valence-corrected chi connectivity index (χ3v) is 4.36. The molecule has 0 saturated heterocycles. The number of fused-ring (bicyclic) bond motifs is 2. The number of nitriles is 1. The van der Waals surface area contributed by atoms with Gasteiger partial charge in [-0.15, -0.1) is 0 Å². The molecule has 23 heavy (non-hydrogen) atoms. The molecule has 2 aromatic heterocycles. The smallest absolute Gasteiger partial charge is 0.137 e. The van der Waals surface area contributed by atoms with Crippen molar-refractivity contribution in [1.29, 1.82) is 5.26 Å². The molecule has 0 spiro atoms. The molecule has 0 saturated carbocycles. The van der Waals surface area contributed by atoms with E-state index in [0.717, 1.165) is 43.0 Å². The predicted molar refractivity (Wildman–Crippen MR) is 84.1 cm³/mol. The summed E-state index contributed by atoms with van der Waals surface area (Å²) in [5.41, 5.74) is 4.78. The summed E-state index contributed by atoms with van der Waals surface area (Å²) in [6.45, 7) is 2.40. The Morgan fingerprint density at radius 2 is 2.13 bits per heavy atom. The van der Waals surface area contributed by atoms with Crippen molar-refractivity contribution < 1.29 is 4.39 Å². The van der Waals surface area contributed by atoms with Gasteiger partial charge in [-0.05, 0) is 41.8 Å². The van der Waals surface area contributed by atoms with Crippen LogP contribution in [0.5, 0.6) is 0 Å². The normalized spacial score (nSPS) is 14.6. The van der Waals surface area contributed by atoms with Crippen LogP contribution in [-0.2, 0) is 19.5 Å². The fourth-order valence-corrected chi connectivity index (χ4v) is 3.16. The molecule has 114 valence electrons. The second-order valence-electron chi connectivity index (χ2n) is 5.88. The first kappa shape index (κ1) is 13.9. The lowest BCUT2D eigenvalue weighted by Gasteiger charge is -2.28. The average Bonchev–Trinajstić information content (AvgIpc) is 2.96. The Bertz CT molecular complexity index is 922. The zero-order valence-corrected chi connectivity index (χ0v) is 12.5. The molecule has 4 nitrogen and oxygen atoms in total. The van der Waals surface area contributed by atoms with Crippen LogP contribution in [-0.4, -0.2) is 20.8 Å². The van der Waals surface area contributed by atoms with Gasteiger partial charge in [0.15, 0.2) is 0 Å². The van der Waals surface area contributed by atoms with Crippen LogP contribution in [0.2, 0.25) is 0 Å². The lowest BCUT2D eigenvalue weighted by atomic mass is 9.99. The highest BCUT2D eigenvalue weighted by atomic mass is 19.1. The van der Waals surface area contributed by atoms with Crippen molar-refractivity contribution in [2.45, 2.75) is 19.5 Å². The fourth-order valence-electron chi connectivity index (χ4n) is 3.16. The number of hydrogen-bond acceptors (Lipinski definition) is 3. The fraction of sp³-hybridized carbons (Fsp3) is 0.222. The molecule has 0 amide bonds. The van der Waals surface area contributed by atoms with E-state index < -0.39 is 0 Å². The summed E-state index contributed by atoms with van der Waals surface area (Å²) in [6.07, 6.45) is 4.59. The molecule has 1 aliphatic rings. The van der Waals surface area contributed by atoms with E-state index in [4.69, 9.17) is 5.26 Å². The van der Waals surface area contributed by atoms with Gasteiger partial charge >= 0.3 is 0 Å². The molecule has 3 heterocycles. The number of nitrogens with zero attached hydrogens (tertiary/aromatic N) is 4. The van der Waals surface area contributed by atoms with Crippen molar-refractivity contribution in [3.63, 3.8) is 0 Å². The third-order valence-electron chi connectivity index (χ3n) is 4.36. The molecule has 5 heteroatoms. The number of rotatable bonds is 2. The first-order valence-electron chi connectivity index (χ1n) is 7.59. The van der Waals surface area contributed by atoms with Gasteiger partial charge in [0.05, 0.1) is 17.5 Å². The largest absolute Gasteiger partial charge is 0.301 e. The van der Waals surface area contributed by atoms with Crippen molar-refractivity contribution in [2.24, 2.45) is 0 Å². The number of halogens is 1. The topological polar surface area (TPSA) is 44.3 Å². The molecule has 0 N–H and O–H groups in total. The van der Waals surface area contributed by atoms with Gasteiger partial charge in [0, 0.05) is 25.8 Å². The molecule has 3 aromatic rings. The molecular formula is C18H15FN4. The maximum Gasteiger partial charge on any atom is 0.137 e. The van der Waals surface area contributed by atoms with Crippen LogP contribution in [0.3, 0.4) is 0 Å². The second kappa shape index (κ2) is 5.49. The minimum absolute atomic E-state index is 0.181. The van der Waals surface area contributed by atoms with E-state index in [2.05, 4.69) is 16.0 Å². The number of aromatic nitrogens is 2. The first-order valence-corrected chi connectivity index (χ1v) is 7.59. The van der Waals surface area contributed by atoms with Gasteiger partial charge in [0.2, 0.25) is 0 Å². The summed E-state index contributed by atoms with van der Waals surface area (Å²) in [5.74, 6) is -0.181. The number of pyridine rings is 1. The van der Waals surface area contributed by atoms with Crippen molar-refractivity contribution >= 4 is 5.65 Å². The SMILES string of the molecule is N#Cc1ccc2ncc(CN3CCc4ccc(F)cc4C3)n2c1. The molecule has 0 radical (unpaired) electrons. The van der Waals surface area contributed by atoms with Gasteiger partial charge in [0.25, 0.3) is 0 Å². The molecule has 0 bridgehead atoms. The van der Waals surface area contributed by atoms with E-state index in [-0.39, 0.29) is 5.82 Å². The highest BCUT2D eigenvalue weighted by molar-refractivity contribution is 5.44. The highest BCUT2D eigenvalue weighted by Crippen LogP contribution is 2.22. The van der Waals surface area contributed by atoms with E-state index in [1.54, 1.807) is 12.1 Å². The standard InChI is InChI=1S/C18H15FN4/c19-16-3-2-14-5-6-22(11-15(14)7-16)12-17-9-21-18-4-1-13(8-20)10-23(17)18/h1-4,7,9-10H,5-6,11-12H2. The summed E-state index contributed by atoms with van der Waals surface area (Å²) in [4.78, 5) is 6.67. The minimum Gasteiger partial charge on any atom is -0.301 e. The summed E-state index contributed by atoms with van der Waals surface area (Å²) >= 11 is 0. The summed E-state index contributed by atoms with van der Waals surface area (Å²) < 4.78 is 15.4. The van der Waals surface area contributed by atoms with E-state index in [0.29, 0.717) is 5.56 Å². The van der Waals surface area contributed by atoms with Gasteiger partial charge in [-0.25, -0.2) is 9.37 Å². The van der Waals surface area contributed by atoms with Gasteiger partial charge in [-0.2, -0.15) is 5.26 Å². The number of hydrogen-bond donors (Lipinski definition) is 0. The average molecular weight is 306 g/mol. The summed E-state index contributed by atoms with van der Waals surface area (Å²) in [7, 11) is 0. The summed E-state index contributed by atoms with van der Waals surface area (Å²) in [6, 6.07) is 10.8. The van der Waals surface area contributed by atoms with Crippen LogP contribution >= 0.6 is 0 Å². The Morgan fingerprint density at radius 3 is 3.00 bits per heavy atom. The Kier molecular flexibility index (Phi) is 3.32. The second-order valence-corrected chi connectivity index (χ2v) is 5.88. The van der Waals surface area contributed by atoms with E-state index in [1.165, 1.54) is 11.6 Å². The van der Waals surface area contributed by atoms with Crippen LogP contribution in [0.1, 0.15) is 22.4 Å². The van der Waals surface area contributed by atoms with Crippen LogP contribution in [0.15, 0.2) is 42.7 Å². The van der Waals surface area contributed by atoms with E-state index in [1.807, 2.05) is 28.9 Å². The summed E-state index contributed by atoms with van der Waals surface area (Å²) in [5, 5.41) is 9.05. The number of imidazole rings is 1. The molecule has 0 fully saturated rings. The van der Waals surface area contributed by atoms with E-state index >= 15 is 0 Å². The zero-order chi connectivity index (χ0) is 15.8. The maximum absolute atomic E-state index is 13.4. The lowest BCUT2D eigenvalue weighted by Crippen LogP contribution is -2.30. The predicted octanol–water partition coefficient (Wildman–Crippen LogP) is 2.90. The van der Waals surface area contributed by atoms with Gasteiger partial charge in [-0.1, -0.05) is 6.07 Å². The highest BCUT2D eigenvalue weighted by Gasteiger charge is 2.18. The van der Waals surface area contributed by atoms with Crippen LogP contribution in [0.25, 0.3) is 5.65 Å². The Labute approximate surface area is 133 Å². The zero-order valence-electron chi connectivity index (χ0n) is 12.5. The number of benzene rings is 1. The molecule has 0 atom stereocenters. The molecule has 0 aliphatic carbocycles.